The maximum atomic E-state index is 12.0. The quantitative estimate of drug-likeness (QED) is 0.512. The molecule has 138 valence electrons. The largest absolute Gasteiger partial charge is 0.354 e. The fourth-order valence-electron chi connectivity index (χ4n) is 3.00. The molecule has 0 saturated heterocycles. The van der Waals surface area contributed by atoms with Crippen LogP contribution in [0.5, 0.6) is 0 Å². The molecular formula is C19H27BrN2O2S. The molecule has 1 aliphatic carbocycles. The minimum absolute atomic E-state index is 0.00288. The summed E-state index contributed by atoms with van der Waals surface area (Å²) in [7, 11) is 0. The molecule has 1 aromatic carbocycles. The zero-order valence-corrected chi connectivity index (χ0v) is 17.4. The molecule has 0 radical (unpaired) electrons. The highest BCUT2D eigenvalue weighted by molar-refractivity contribution is 9.10. The highest BCUT2D eigenvalue weighted by Gasteiger charge is 2.20. The second-order valence-electron chi connectivity index (χ2n) is 6.63. The van der Waals surface area contributed by atoms with E-state index in [0.717, 1.165) is 40.6 Å². The van der Waals surface area contributed by atoms with Gasteiger partial charge < -0.3 is 10.6 Å². The zero-order chi connectivity index (χ0) is 18.2. The fourth-order valence-corrected chi connectivity index (χ4v) is 4.39. The molecule has 0 bridgehead atoms. The lowest BCUT2D eigenvalue weighted by Crippen LogP contribution is -2.38. The van der Waals surface area contributed by atoms with E-state index in [1.54, 1.807) is 11.8 Å². The average molecular weight is 427 g/mol. The van der Waals surface area contributed by atoms with Crippen molar-refractivity contribution in [3.63, 3.8) is 0 Å². The average Bonchev–Trinajstić information content (AvgIpc) is 2.61. The van der Waals surface area contributed by atoms with Gasteiger partial charge in [0.05, 0.1) is 5.75 Å². The van der Waals surface area contributed by atoms with Crippen LogP contribution in [0.1, 0.15) is 43.2 Å². The lowest BCUT2D eigenvalue weighted by atomic mass is 9.89. The molecule has 0 aliphatic heterocycles. The first-order valence-electron chi connectivity index (χ1n) is 8.91. The van der Waals surface area contributed by atoms with Crippen LogP contribution in [0.3, 0.4) is 0 Å². The van der Waals surface area contributed by atoms with Gasteiger partial charge in [-0.15, -0.1) is 11.8 Å². The van der Waals surface area contributed by atoms with E-state index in [1.807, 2.05) is 13.8 Å². The molecule has 1 aliphatic rings. The fraction of sp³-hybridized carbons (Fsp3) is 0.579. The van der Waals surface area contributed by atoms with Gasteiger partial charge in [-0.2, -0.15) is 0 Å². The van der Waals surface area contributed by atoms with Gasteiger partial charge in [0.1, 0.15) is 0 Å². The zero-order valence-electron chi connectivity index (χ0n) is 15.0. The summed E-state index contributed by atoms with van der Waals surface area (Å²) in [5, 5.41) is 5.81. The molecule has 1 saturated carbocycles. The molecule has 0 unspecified atom stereocenters. The van der Waals surface area contributed by atoms with Crippen molar-refractivity contribution in [1.82, 2.24) is 10.6 Å². The van der Waals surface area contributed by atoms with Gasteiger partial charge in [-0.05, 0) is 49.9 Å². The number of halogens is 1. The van der Waals surface area contributed by atoms with Crippen LogP contribution in [0.4, 0.5) is 0 Å². The van der Waals surface area contributed by atoms with Crippen molar-refractivity contribution in [2.75, 3.05) is 18.8 Å². The van der Waals surface area contributed by atoms with Crippen molar-refractivity contribution >= 4 is 39.5 Å². The molecule has 1 aromatic rings. The number of nitrogens with one attached hydrogen (secondary N) is 2. The number of thioether (sulfide) groups is 1. The highest BCUT2D eigenvalue weighted by atomic mass is 79.9. The Morgan fingerprint density at radius 2 is 1.76 bits per heavy atom. The Morgan fingerprint density at radius 1 is 1.08 bits per heavy atom. The van der Waals surface area contributed by atoms with Crippen molar-refractivity contribution in [2.24, 2.45) is 5.92 Å². The van der Waals surface area contributed by atoms with Gasteiger partial charge in [-0.25, -0.2) is 0 Å². The summed E-state index contributed by atoms with van der Waals surface area (Å²) in [6.07, 6.45) is 5.55. The van der Waals surface area contributed by atoms with Crippen molar-refractivity contribution in [3.05, 3.63) is 27.7 Å². The Bertz CT molecular complexity index is 616. The summed E-state index contributed by atoms with van der Waals surface area (Å²) >= 11 is 5.06. The molecule has 0 spiro atoms. The number of benzene rings is 1. The summed E-state index contributed by atoms with van der Waals surface area (Å²) < 4.78 is 1.09. The molecule has 2 rings (SSSR count). The van der Waals surface area contributed by atoms with Gasteiger partial charge in [0.2, 0.25) is 11.8 Å². The monoisotopic (exact) mass is 426 g/mol. The van der Waals surface area contributed by atoms with E-state index < -0.39 is 0 Å². The van der Waals surface area contributed by atoms with Crippen LogP contribution in [-0.4, -0.2) is 30.7 Å². The summed E-state index contributed by atoms with van der Waals surface area (Å²) in [6.45, 7) is 5.08. The van der Waals surface area contributed by atoms with Crippen LogP contribution in [0, 0.1) is 19.8 Å². The Balaban J connectivity index is 1.64. The van der Waals surface area contributed by atoms with E-state index >= 15 is 0 Å². The van der Waals surface area contributed by atoms with Gasteiger partial charge in [-0.1, -0.05) is 35.2 Å². The van der Waals surface area contributed by atoms with Gasteiger partial charge in [0.25, 0.3) is 0 Å². The van der Waals surface area contributed by atoms with E-state index in [9.17, 15) is 9.59 Å². The number of hydrogen-bond donors (Lipinski definition) is 2. The SMILES string of the molecule is Cc1cc(SCC(=O)NCCNC(=O)C2CCCCC2)c(C)cc1Br. The normalized spacial score (nSPS) is 15.0. The molecule has 0 aromatic heterocycles. The number of carbonyl (C=O) groups is 2. The lowest BCUT2D eigenvalue weighted by molar-refractivity contribution is -0.126. The third kappa shape index (κ3) is 6.66. The van der Waals surface area contributed by atoms with Crippen LogP contribution in [0.2, 0.25) is 0 Å². The van der Waals surface area contributed by atoms with Crippen molar-refractivity contribution < 1.29 is 9.59 Å². The number of rotatable bonds is 7. The minimum Gasteiger partial charge on any atom is -0.354 e. The van der Waals surface area contributed by atoms with Crippen LogP contribution in [0.25, 0.3) is 0 Å². The number of carbonyl (C=O) groups excluding carboxylic acids is 2. The summed E-state index contributed by atoms with van der Waals surface area (Å²) in [5.41, 5.74) is 2.33. The van der Waals surface area contributed by atoms with E-state index in [0.29, 0.717) is 18.8 Å². The first-order chi connectivity index (χ1) is 12.0. The summed E-state index contributed by atoms with van der Waals surface area (Å²) in [4.78, 5) is 25.1. The van der Waals surface area contributed by atoms with Crippen molar-refractivity contribution in [2.45, 2.75) is 50.8 Å². The minimum atomic E-state index is -0.00288. The molecule has 4 nitrogen and oxygen atoms in total. The predicted molar refractivity (Wildman–Crippen MR) is 107 cm³/mol. The number of aryl methyl sites for hydroxylation is 2. The van der Waals surface area contributed by atoms with Gasteiger partial charge in [0.15, 0.2) is 0 Å². The van der Waals surface area contributed by atoms with Gasteiger partial charge in [-0.3, -0.25) is 9.59 Å². The van der Waals surface area contributed by atoms with Crippen LogP contribution < -0.4 is 10.6 Å². The van der Waals surface area contributed by atoms with E-state index in [2.05, 4.69) is 38.7 Å². The Labute approximate surface area is 163 Å². The van der Waals surface area contributed by atoms with Crippen LogP contribution in [0.15, 0.2) is 21.5 Å². The lowest BCUT2D eigenvalue weighted by Gasteiger charge is -2.20. The van der Waals surface area contributed by atoms with Crippen LogP contribution >= 0.6 is 27.7 Å². The molecule has 0 atom stereocenters. The summed E-state index contributed by atoms with van der Waals surface area (Å²) in [5.74, 6) is 0.697. The molecule has 2 amide bonds. The van der Waals surface area contributed by atoms with E-state index in [-0.39, 0.29) is 17.7 Å². The Morgan fingerprint density at radius 3 is 2.48 bits per heavy atom. The first kappa shape index (κ1) is 20.3. The third-order valence-electron chi connectivity index (χ3n) is 4.54. The third-order valence-corrected chi connectivity index (χ3v) is 6.55. The second-order valence-corrected chi connectivity index (χ2v) is 8.50. The maximum Gasteiger partial charge on any atom is 0.230 e. The van der Waals surface area contributed by atoms with Gasteiger partial charge in [0, 0.05) is 28.4 Å². The Kier molecular flexibility index (Phi) is 8.30. The van der Waals surface area contributed by atoms with E-state index in [1.165, 1.54) is 12.0 Å². The van der Waals surface area contributed by atoms with Crippen molar-refractivity contribution in [1.29, 1.82) is 0 Å². The predicted octanol–water partition coefficient (Wildman–Crippen LogP) is 3.97. The first-order valence-corrected chi connectivity index (χ1v) is 10.7. The highest BCUT2D eigenvalue weighted by Crippen LogP contribution is 2.28. The maximum absolute atomic E-state index is 12.0. The molecule has 1 fully saturated rings. The van der Waals surface area contributed by atoms with Crippen molar-refractivity contribution in [3.8, 4) is 0 Å². The molecule has 25 heavy (non-hydrogen) atoms. The van der Waals surface area contributed by atoms with E-state index in [4.69, 9.17) is 0 Å². The number of hydrogen-bond acceptors (Lipinski definition) is 3. The molecule has 0 heterocycles. The molecule has 2 N–H and O–H groups in total. The smallest absolute Gasteiger partial charge is 0.230 e. The van der Waals surface area contributed by atoms with Gasteiger partial charge >= 0.3 is 0 Å². The topological polar surface area (TPSA) is 58.2 Å². The van der Waals surface area contributed by atoms with Crippen LogP contribution in [-0.2, 0) is 9.59 Å². The summed E-state index contributed by atoms with van der Waals surface area (Å²) in [6, 6.07) is 4.18. The Hall–Kier alpha value is -1.01. The molecule has 6 heteroatoms. The second kappa shape index (κ2) is 10.2. The standard InChI is InChI=1S/C19H27BrN2O2S/c1-13-11-17(14(2)10-16(13)20)25-12-18(23)21-8-9-22-19(24)15-6-4-3-5-7-15/h10-11,15H,3-9,12H2,1-2H3,(H,21,23)(H,22,24). The molecular weight excluding hydrogens is 400 g/mol. The number of amides is 2.